The molecule has 1 unspecified atom stereocenters. The van der Waals surface area contributed by atoms with Crippen LogP contribution in [0.1, 0.15) is 58.3 Å². The summed E-state index contributed by atoms with van der Waals surface area (Å²) >= 11 is 0. The maximum absolute atomic E-state index is 13.0. The molecule has 5 heteroatoms. The zero-order valence-electron chi connectivity index (χ0n) is 14.0. The highest BCUT2D eigenvalue weighted by molar-refractivity contribution is 7.92. The van der Waals surface area contributed by atoms with Crippen LogP contribution in [0.15, 0.2) is 29.2 Å². The van der Waals surface area contributed by atoms with E-state index >= 15 is 0 Å². The normalized spacial score (nSPS) is 17.8. The van der Waals surface area contributed by atoms with Crippen molar-refractivity contribution in [3.05, 3.63) is 24.3 Å². The van der Waals surface area contributed by atoms with Crippen LogP contribution in [0.5, 0.6) is 5.75 Å². The Labute approximate surface area is 140 Å². The molecule has 0 radical (unpaired) electrons. The lowest BCUT2D eigenvalue weighted by molar-refractivity contribution is 0.201. The zero-order chi connectivity index (χ0) is 16.7. The number of unbranched alkanes of at least 4 members (excludes halogenated alkanes) is 1. The van der Waals surface area contributed by atoms with Crippen LogP contribution >= 0.6 is 0 Å². The number of sulfone groups is 1. The molecule has 0 heterocycles. The van der Waals surface area contributed by atoms with Gasteiger partial charge in [-0.1, -0.05) is 31.4 Å². The Bertz CT molecular complexity index is 580. The van der Waals surface area contributed by atoms with Gasteiger partial charge in [-0.15, -0.1) is 0 Å². The van der Waals surface area contributed by atoms with Gasteiger partial charge in [0.05, 0.1) is 11.4 Å². The Balaban J connectivity index is 2.13. The van der Waals surface area contributed by atoms with Gasteiger partial charge < -0.3 is 10.5 Å². The molecule has 0 saturated heterocycles. The number of benzene rings is 1. The first kappa shape index (κ1) is 18.3. The molecule has 4 nitrogen and oxygen atoms in total. The van der Waals surface area contributed by atoms with Gasteiger partial charge >= 0.3 is 0 Å². The van der Waals surface area contributed by atoms with E-state index in [1.54, 1.807) is 18.2 Å². The smallest absolute Gasteiger partial charge is 0.184 e. The van der Waals surface area contributed by atoms with Gasteiger partial charge in [-0.25, -0.2) is 8.42 Å². The van der Waals surface area contributed by atoms with Crippen molar-refractivity contribution in [1.29, 1.82) is 0 Å². The van der Waals surface area contributed by atoms with Crippen LogP contribution in [0.2, 0.25) is 0 Å². The van der Waals surface area contributed by atoms with E-state index < -0.39 is 9.84 Å². The van der Waals surface area contributed by atoms with E-state index in [0.29, 0.717) is 17.2 Å². The van der Waals surface area contributed by atoms with Crippen LogP contribution in [0, 0.1) is 0 Å². The molecule has 0 amide bonds. The molecular weight excluding hydrogens is 310 g/mol. The molecule has 0 aliphatic heterocycles. The van der Waals surface area contributed by atoms with E-state index in [0.717, 1.165) is 51.4 Å². The Morgan fingerprint density at radius 1 is 1.17 bits per heavy atom. The molecule has 2 N–H and O–H groups in total. The fourth-order valence-electron chi connectivity index (χ4n) is 3.19. The number of nitrogens with two attached hydrogens (primary N) is 1. The SMILES string of the molecule is CC(CCCCN)Oc1ccccc1S(=O)(=O)C1CCCCC1. The summed E-state index contributed by atoms with van der Waals surface area (Å²) in [6, 6.07) is 7.07. The van der Waals surface area contributed by atoms with E-state index in [-0.39, 0.29) is 11.4 Å². The molecule has 0 bridgehead atoms. The van der Waals surface area contributed by atoms with Crippen molar-refractivity contribution in [2.45, 2.75) is 74.5 Å². The largest absolute Gasteiger partial charge is 0.489 e. The average Bonchev–Trinajstić information content (AvgIpc) is 2.56. The third-order valence-electron chi connectivity index (χ3n) is 4.54. The molecule has 1 aromatic carbocycles. The van der Waals surface area contributed by atoms with Crippen molar-refractivity contribution in [2.24, 2.45) is 5.73 Å². The summed E-state index contributed by atoms with van der Waals surface area (Å²) in [5, 5.41) is -0.256. The number of ether oxygens (including phenoxy) is 1. The Morgan fingerprint density at radius 2 is 1.87 bits per heavy atom. The van der Waals surface area contributed by atoms with Gasteiger partial charge in [0.25, 0.3) is 0 Å². The maximum Gasteiger partial charge on any atom is 0.184 e. The van der Waals surface area contributed by atoms with Crippen LogP contribution in [-0.2, 0) is 9.84 Å². The summed E-state index contributed by atoms with van der Waals surface area (Å²) in [5.74, 6) is 0.498. The maximum atomic E-state index is 13.0. The third kappa shape index (κ3) is 4.95. The number of hydrogen-bond acceptors (Lipinski definition) is 4. The topological polar surface area (TPSA) is 69.4 Å². The second kappa shape index (κ2) is 8.69. The Hall–Kier alpha value is -1.07. The second-order valence-corrected chi connectivity index (χ2v) is 8.66. The molecule has 1 saturated carbocycles. The summed E-state index contributed by atoms with van der Waals surface area (Å²) in [6.07, 6.45) is 7.52. The van der Waals surface area contributed by atoms with Crippen LogP contribution in [0.3, 0.4) is 0 Å². The molecule has 1 aliphatic carbocycles. The highest BCUT2D eigenvalue weighted by atomic mass is 32.2. The predicted octanol–water partition coefficient (Wildman–Crippen LogP) is 3.69. The molecule has 1 aliphatic rings. The summed E-state index contributed by atoms with van der Waals surface area (Å²) in [5.41, 5.74) is 5.51. The summed E-state index contributed by atoms with van der Waals surface area (Å²) < 4.78 is 31.9. The lowest BCUT2D eigenvalue weighted by atomic mass is 10.0. The van der Waals surface area contributed by atoms with Gasteiger partial charge in [0.1, 0.15) is 10.6 Å². The van der Waals surface area contributed by atoms with Crippen molar-refractivity contribution < 1.29 is 13.2 Å². The van der Waals surface area contributed by atoms with Crippen molar-refractivity contribution in [2.75, 3.05) is 6.54 Å². The van der Waals surface area contributed by atoms with Crippen LogP contribution in [0.25, 0.3) is 0 Å². The predicted molar refractivity (Wildman–Crippen MR) is 93.5 cm³/mol. The molecule has 1 atom stereocenters. The Morgan fingerprint density at radius 3 is 2.57 bits per heavy atom. The molecule has 0 aromatic heterocycles. The van der Waals surface area contributed by atoms with Gasteiger partial charge in [-0.3, -0.25) is 0 Å². The molecule has 2 rings (SSSR count). The highest BCUT2D eigenvalue weighted by Crippen LogP contribution is 2.33. The van der Waals surface area contributed by atoms with Gasteiger partial charge in [0.2, 0.25) is 0 Å². The second-order valence-electron chi connectivity index (χ2n) is 6.46. The molecule has 130 valence electrons. The van der Waals surface area contributed by atoms with Gasteiger partial charge in [0.15, 0.2) is 9.84 Å². The van der Waals surface area contributed by atoms with Gasteiger partial charge in [-0.05, 0) is 57.7 Å². The van der Waals surface area contributed by atoms with E-state index in [1.807, 2.05) is 13.0 Å². The van der Waals surface area contributed by atoms with Gasteiger partial charge in [0, 0.05) is 0 Å². The van der Waals surface area contributed by atoms with Crippen LogP contribution in [-0.4, -0.2) is 26.3 Å². The van der Waals surface area contributed by atoms with Crippen molar-refractivity contribution in [3.63, 3.8) is 0 Å². The summed E-state index contributed by atoms with van der Waals surface area (Å²) in [4.78, 5) is 0.359. The number of para-hydroxylation sites is 1. The minimum Gasteiger partial charge on any atom is -0.489 e. The van der Waals surface area contributed by atoms with Crippen LogP contribution in [0.4, 0.5) is 0 Å². The first-order valence-corrected chi connectivity index (χ1v) is 10.3. The van der Waals surface area contributed by atoms with E-state index in [1.165, 1.54) is 0 Å². The standard InChI is InChI=1S/C18H29NO3S/c1-15(9-7-8-14-19)22-17-12-5-6-13-18(17)23(20,21)16-10-3-2-4-11-16/h5-6,12-13,15-16H,2-4,7-11,14,19H2,1H3. The van der Waals surface area contributed by atoms with Gasteiger partial charge in [-0.2, -0.15) is 0 Å². The van der Waals surface area contributed by atoms with Crippen molar-refractivity contribution in [1.82, 2.24) is 0 Å². The first-order chi connectivity index (χ1) is 11.1. The highest BCUT2D eigenvalue weighted by Gasteiger charge is 2.31. The minimum absolute atomic E-state index is 0.00995. The van der Waals surface area contributed by atoms with Crippen molar-refractivity contribution >= 4 is 9.84 Å². The number of rotatable bonds is 8. The fraction of sp³-hybridized carbons (Fsp3) is 0.667. The zero-order valence-corrected chi connectivity index (χ0v) is 14.9. The lowest BCUT2D eigenvalue weighted by Gasteiger charge is -2.24. The third-order valence-corrected chi connectivity index (χ3v) is 6.84. The first-order valence-electron chi connectivity index (χ1n) is 8.75. The van der Waals surface area contributed by atoms with E-state index in [9.17, 15) is 8.42 Å². The van der Waals surface area contributed by atoms with Crippen molar-refractivity contribution in [3.8, 4) is 5.75 Å². The van der Waals surface area contributed by atoms with Crippen LogP contribution < -0.4 is 10.5 Å². The number of hydrogen-bond donors (Lipinski definition) is 1. The fourth-order valence-corrected chi connectivity index (χ4v) is 5.17. The van der Waals surface area contributed by atoms with E-state index in [2.05, 4.69) is 0 Å². The lowest BCUT2D eigenvalue weighted by Crippen LogP contribution is -2.25. The molecule has 1 aromatic rings. The quantitative estimate of drug-likeness (QED) is 0.733. The monoisotopic (exact) mass is 339 g/mol. The molecule has 23 heavy (non-hydrogen) atoms. The average molecular weight is 340 g/mol. The van der Waals surface area contributed by atoms with E-state index in [4.69, 9.17) is 10.5 Å². The minimum atomic E-state index is -3.31. The molecule has 1 fully saturated rings. The molecular formula is C18H29NO3S. The molecule has 0 spiro atoms. The Kier molecular flexibility index (Phi) is 6.90. The summed E-state index contributed by atoms with van der Waals surface area (Å²) in [7, 11) is -3.31. The summed E-state index contributed by atoms with van der Waals surface area (Å²) in [6.45, 7) is 2.67.